The fourth-order valence-corrected chi connectivity index (χ4v) is 4.42. The summed E-state index contributed by atoms with van der Waals surface area (Å²) < 4.78 is 5.45. The molecule has 0 saturated heterocycles. The van der Waals surface area contributed by atoms with Crippen molar-refractivity contribution >= 4 is 66.1 Å². The number of hydrogen-bond donors (Lipinski definition) is 1. The second kappa shape index (κ2) is 14.0. The SMILES string of the molecule is COc1ccc2nc(C=Cc3ccccn3)nc(N[C@H]3CC[C@@H](c4ccccn4)CC3)c2c1.Cl.Cl.Cl. The summed E-state index contributed by atoms with van der Waals surface area (Å²) >= 11 is 0. The zero-order valence-corrected chi connectivity index (χ0v) is 22.4. The molecule has 3 heterocycles. The van der Waals surface area contributed by atoms with Gasteiger partial charge in [-0.25, -0.2) is 9.97 Å². The Balaban J connectivity index is 0.00000152. The first-order valence-corrected chi connectivity index (χ1v) is 11.4. The second-order valence-corrected chi connectivity index (χ2v) is 8.35. The monoisotopic (exact) mass is 545 g/mol. The molecule has 0 unspecified atom stereocenters. The molecule has 4 aromatic rings. The average molecular weight is 547 g/mol. The van der Waals surface area contributed by atoms with Gasteiger partial charge in [-0.05, 0) is 80.3 Å². The van der Waals surface area contributed by atoms with E-state index in [-0.39, 0.29) is 37.2 Å². The van der Waals surface area contributed by atoms with Gasteiger partial charge in [0, 0.05) is 35.4 Å². The summed E-state index contributed by atoms with van der Waals surface area (Å²) in [6.07, 6.45) is 11.9. The number of benzene rings is 1. The van der Waals surface area contributed by atoms with E-state index in [1.165, 1.54) is 5.69 Å². The van der Waals surface area contributed by atoms with E-state index in [1.54, 1.807) is 13.3 Å². The lowest BCUT2D eigenvalue weighted by molar-refractivity contribution is 0.406. The van der Waals surface area contributed by atoms with Crippen molar-refractivity contribution in [2.45, 2.75) is 37.6 Å². The Labute approximate surface area is 230 Å². The van der Waals surface area contributed by atoms with E-state index in [4.69, 9.17) is 14.7 Å². The molecule has 1 N–H and O–H groups in total. The zero-order valence-electron chi connectivity index (χ0n) is 19.9. The highest BCUT2D eigenvalue weighted by molar-refractivity contribution is 5.91. The molecule has 9 heteroatoms. The molecule has 0 amide bonds. The number of pyridine rings is 2. The molecule has 0 spiro atoms. The van der Waals surface area contributed by atoms with Crippen LogP contribution >= 0.6 is 37.2 Å². The Hall–Kier alpha value is -2.93. The number of aromatic nitrogens is 4. The summed E-state index contributed by atoms with van der Waals surface area (Å²) in [5, 5.41) is 4.68. The summed E-state index contributed by atoms with van der Waals surface area (Å²) in [4.78, 5) is 18.5. The topological polar surface area (TPSA) is 72.8 Å². The van der Waals surface area contributed by atoms with Crippen molar-refractivity contribution < 1.29 is 4.74 Å². The maximum atomic E-state index is 5.45. The van der Waals surface area contributed by atoms with Crippen LogP contribution in [-0.4, -0.2) is 33.1 Å². The van der Waals surface area contributed by atoms with Gasteiger partial charge in [0.15, 0.2) is 5.82 Å². The Morgan fingerprint density at radius 1 is 0.833 bits per heavy atom. The summed E-state index contributed by atoms with van der Waals surface area (Å²) in [7, 11) is 1.68. The van der Waals surface area contributed by atoms with Crippen molar-refractivity contribution in [2.75, 3.05) is 12.4 Å². The van der Waals surface area contributed by atoms with Crippen molar-refractivity contribution in [3.63, 3.8) is 0 Å². The van der Waals surface area contributed by atoms with Crippen molar-refractivity contribution in [2.24, 2.45) is 0 Å². The van der Waals surface area contributed by atoms with E-state index >= 15 is 0 Å². The summed E-state index contributed by atoms with van der Waals surface area (Å²) in [6, 6.07) is 18.3. The third-order valence-corrected chi connectivity index (χ3v) is 6.19. The van der Waals surface area contributed by atoms with Crippen LogP contribution in [0.1, 0.15) is 48.8 Å². The number of rotatable bonds is 6. The van der Waals surface area contributed by atoms with Crippen LogP contribution in [-0.2, 0) is 0 Å². The molecule has 1 fully saturated rings. The van der Waals surface area contributed by atoms with E-state index in [0.29, 0.717) is 17.8 Å². The lowest BCUT2D eigenvalue weighted by atomic mass is 9.84. The molecular weight excluding hydrogens is 517 g/mol. The highest BCUT2D eigenvalue weighted by Crippen LogP contribution is 2.34. The molecule has 0 atom stereocenters. The molecule has 1 aliphatic carbocycles. The van der Waals surface area contributed by atoms with Gasteiger partial charge in [-0.2, -0.15) is 0 Å². The first kappa shape index (κ1) is 29.3. The predicted octanol–water partition coefficient (Wildman–Crippen LogP) is 7.00. The van der Waals surface area contributed by atoms with Crippen molar-refractivity contribution in [1.82, 2.24) is 19.9 Å². The lowest BCUT2D eigenvalue weighted by Crippen LogP contribution is -2.26. The van der Waals surface area contributed by atoms with Gasteiger partial charge in [0.2, 0.25) is 0 Å². The second-order valence-electron chi connectivity index (χ2n) is 8.35. The van der Waals surface area contributed by atoms with Crippen LogP contribution in [0, 0.1) is 0 Å². The minimum absolute atomic E-state index is 0. The number of ether oxygens (including phenoxy) is 1. The molecule has 1 aliphatic rings. The largest absolute Gasteiger partial charge is 0.497 e. The maximum absolute atomic E-state index is 5.45. The standard InChI is InChI=1S/C27H27N5O.3ClH/c1-33-22-13-14-25-23(18-22)27(32-26(31-25)15-12-20-6-2-4-16-28-20)30-21-10-8-19(9-11-21)24-7-3-5-17-29-24;;;/h2-7,12-19,21H,8-11H2,1H3,(H,30,31,32);3*1H/t19-,21+;;;. The highest BCUT2D eigenvalue weighted by atomic mass is 35.5. The Bertz CT molecular complexity index is 1250. The molecular formula is C27H30Cl3N5O. The van der Waals surface area contributed by atoms with Crippen LogP contribution in [0.15, 0.2) is 67.0 Å². The zero-order chi connectivity index (χ0) is 22.5. The fourth-order valence-electron chi connectivity index (χ4n) is 4.42. The smallest absolute Gasteiger partial charge is 0.155 e. The van der Waals surface area contributed by atoms with Crippen LogP contribution in [0.5, 0.6) is 5.75 Å². The maximum Gasteiger partial charge on any atom is 0.155 e. The van der Waals surface area contributed by atoms with Crippen molar-refractivity contribution in [1.29, 1.82) is 0 Å². The van der Waals surface area contributed by atoms with Gasteiger partial charge in [-0.3, -0.25) is 9.97 Å². The third kappa shape index (κ3) is 7.06. The number of halogens is 3. The fraction of sp³-hybridized carbons (Fsp3) is 0.259. The van der Waals surface area contributed by atoms with E-state index in [0.717, 1.165) is 53.8 Å². The van der Waals surface area contributed by atoms with E-state index in [2.05, 4.69) is 27.4 Å². The first-order chi connectivity index (χ1) is 16.3. The van der Waals surface area contributed by atoms with Crippen LogP contribution in [0.2, 0.25) is 0 Å². The van der Waals surface area contributed by atoms with Gasteiger partial charge in [-0.15, -0.1) is 37.2 Å². The molecule has 5 rings (SSSR count). The molecule has 6 nitrogen and oxygen atoms in total. The van der Waals surface area contributed by atoms with Gasteiger partial charge in [-0.1, -0.05) is 12.1 Å². The quantitative estimate of drug-likeness (QED) is 0.281. The predicted molar refractivity (Wildman–Crippen MR) is 154 cm³/mol. The minimum Gasteiger partial charge on any atom is -0.497 e. The van der Waals surface area contributed by atoms with Crippen molar-refractivity contribution in [3.05, 3.63) is 84.2 Å². The average Bonchev–Trinajstić information content (AvgIpc) is 2.89. The lowest BCUT2D eigenvalue weighted by Gasteiger charge is -2.29. The number of hydrogen-bond acceptors (Lipinski definition) is 6. The third-order valence-electron chi connectivity index (χ3n) is 6.19. The number of methoxy groups -OCH3 is 1. The first-order valence-electron chi connectivity index (χ1n) is 11.4. The Morgan fingerprint density at radius 3 is 2.25 bits per heavy atom. The molecule has 190 valence electrons. The Morgan fingerprint density at radius 2 is 1.58 bits per heavy atom. The van der Waals surface area contributed by atoms with Crippen LogP contribution in [0.25, 0.3) is 23.1 Å². The van der Waals surface area contributed by atoms with E-state index in [1.807, 2.05) is 60.8 Å². The molecule has 36 heavy (non-hydrogen) atoms. The van der Waals surface area contributed by atoms with Crippen LogP contribution in [0.4, 0.5) is 5.82 Å². The molecule has 3 aromatic heterocycles. The van der Waals surface area contributed by atoms with Gasteiger partial charge in [0.25, 0.3) is 0 Å². The highest BCUT2D eigenvalue weighted by Gasteiger charge is 2.24. The molecule has 0 bridgehead atoms. The molecule has 1 saturated carbocycles. The van der Waals surface area contributed by atoms with Gasteiger partial charge >= 0.3 is 0 Å². The van der Waals surface area contributed by atoms with E-state index in [9.17, 15) is 0 Å². The minimum atomic E-state index is 0. The van der Waals surface area contributed by atoms with Gasteiger partial charge in [0.1, 0.15) is 11.6 Å². The number of nitrogens with one attached hydrogen (secondary N) is 1. The van der Waals surface area contributed by atoms with Crippen molar-refractivity contribution in [3.8, 4) is 5.75 Å². The molecule has 0 radical (unpaired) electrons. The summed E-state index contributed by atoms with van der Waals surface area (Å²) in [5.41, 5.74) is 2.96. The number of fused-ring (bicyclic) bond motifs is 1. The normalized spacial score (nSPS) is 16.9. The summed E-state index contributed by atoms with van der Waals surface area (Å²) in [5.74, 6) is 2.83. The Kier molecular flexibility index (Phi) is 11.4. The van der Waals surface area contributed by atoms with Crippen LogP contribution in [0.3, 0.4) is 0 Å². The van der Waals surface area contributed by atoms with E-state index < -0.39 is 0 Å². The van der Waals surface area contributed by atoms with Gasteiger partial charge in [0.05, 0.1) is 18.3 Å². The number of anilines is 1. The molecule has 0 aliphatic heterocycles. The number of nitrogens with zero attached hydrogens (tertiary/aromatic N) is 4. The van der Waals surface area contributed by atoms with Gasteiger partial charge < -0.3 is 10.1 Å². The molecule has 1 aromatic carbocycles. The van der Waals surface area contributed by atoms with Crippen LogP contribution < -0.4 is 10.1 Å². The summed E-state index contributed by atoms with van der Waals surface area (Å²) in [6.45, 7) is 0.